The van der Waals surface area contributed by atoms with Crippen LogP contribution in [0.5, 0.6) is 0 Å². The number of carbonyl (C=O) groups is 1. The highest BCUT2D eigenvalue weighted by molar-refractivity contribution is 5.91. The van der Waals surface area contributed by atoms with E-state index in [4.69, 9.17) is 10.4 Å². The number of rotatable bonds is 2. The van der Waals surface area contributed by atoms with Crippen molar-refractivity contribution in [2.24, 2.45) is 5.84 Å². The van der Waals surface area contributed by atoms with Crippen LogP contribution >= 0.6 is 0 Å². The van der Waals surface area contributed by atoms with Crippen LogP contribution in [0.25, 0.3) is 11.3 Å². The van der Waals surface area contributed by atoms with Gasteiger partial charge in [-0.1, -0.05) is 5.16 Å². The zero-order valence-electron chi connectivity index (χ0n) is 8.11. The summed E-state index contributed by atoms with van der Waals surface area (Å²) in [5.41, 5.74) is 3.02. The second-order valence-electron chi connectivity index (χ2n) is 3.06. The van der Waals surface area contributed by atoms with E-state index in [0.29, 0.717) is 11.3 Å². The molecule has 1 aromatic carbocycles. The van der Waals surface area contributed by atoms with E-state index < -0.39 is 5.91 Å². The number of hydrogen-bond donors (Lipinski definition) is 2. The molecule has 0 saturated carbocycles. The first kappa shape index (κ1) is 10.3. The molecule has 16 heavy (non-hydrogen) atoms. The van der Waals surface area contributed by atoms with Gasteiger partial charge in [0, 0.05) is 11.6 Å². The van der Waals surface area contributed by atoms with Gasteiger partial charge in [0.15, 0.2) is 0 Å². The Bertz CT molecular complexity index is 507. The van der Waals surface area contributed by atoms with Crippen LogP contribution in [0, 0.1) is 5.82 Å². The predicted octanol–water partition coefficient (Wildman–Crippen LogP) is 1.08. The molecule has 1 aromatic heterocycles. The van der Waals surface area contributed by atoms with E-state index in [1.165, 1.54) is 30.3 Å². The second-order valence-corrected chi connectivity index (χ2v) is 3.06. The molecule has 0 unspecified atom stereocenters. The van der Waals surface area contributed by atoms with Crippen LogP contribution in [0.15, 0.2) is 34.9 Å². The zero-order valence-corrected chi connectivity index (χ0v) is 8.11. The van der Waals surface area contributed by atoms with Gasteiger partial charge < -0.3 is 4.52 Å². The maximum absolute atomic E-state index is 12.7. The summed E-state index contributed by atoms with van der Waals surface area (Å²) in [4.78, 5) is 11.1. The summed E-state index contributed by atoms with van der Waals surface area (Å²) < 4.78 is 17.4. The third-order valence-corrected chi connectivity index (χ3v) is 2.01. The molecule has 3 N–H and O–H groups in total. The number of hydrazine groups is 1. The minimum Gasteiger partial charge on any atom is -0.350 e. The van der Waals surface area contributed by atoms with Crippen molar-refractivity contribution in [3.63, 3.8) is 0 Å². The van der Waals surface area contributed by atoms with Crippen molar-refractivity contribution in [1.82, 2.24) is 10.6 Å². The molecule has 0 fully saturated rings. The second kappa shape index (κ2) is 4.11. The predicted molar refractivity (Wildman–Crippen MR) is 53.6 cm³/mol. The Balaban J connectivity index is 2.31. The Morgan fingerprint density at radius 3 is 2.69 bits per heavy atom. The van der Waals surface area contributed by atoms with Crippen molar-refractivity contribution in [2.75, 3.05) is 0 Å². The molecule has 0 atom stereocenters. The average Bonchev–Trinajstić information content (AvgIpc) is 2.78. The van der Waals surface area contributed by atoms with Crippen LogP contribution in [0.4, 0.5) is 4.39 Å². The molecule has 0 aliphatic heterocycles. The summed E-state index contributed by atoms with van der Waals surface area (Å²) in [7, 11) is 0. The summed E-state index contributed by atoms with van der Waals surface area (Å²) in [6.07, 6.45) is 0. The van der Waals surface area contributed by atoms with Crippen molar-refractivity contribution >= 4 is 5.91 Å². The first-order valence-electron chi connectivity index (χ1n) is 4.44. The van der Waals surface area contributed by atoms with Crippen molar-refractivity contribution in [3.05, 3.63) is 41.9 Å². The van der Waals surface area contributed by atoms with Crippen molar-refractivity contribution in [2.45, 2.75) is 0 Å². The summed E-state index contributed by atoms with van der Waals surface area (Å²) in [6.45, 7) is 0. The van der Waals surface area contributed by atoms with E-state index in [9.17, 15) is 9.18 Å². The lowest BCUT2D eigenvalue weighted by molar-refractivity contribution is 0.0917. The van der Waals surface area contributed by atoms with Gasteiger partial charge in [0.1, 0.15) is 11.5 Å². The average molecular weight is 221 g/mol. The van der Waals surface area contributed by atoms with E-state index >= 15 is 0 Å². The molecule has 0 radical (unpaired) electrons. The minimum atomic E-state index is -0.569. The molecule has 2 aromatic rings. The van der Waals surface area contributed by atoms with Gasteiger partial charge in [0.05, 0.1) is 0 Å². The normalized spacial score (nSPS) is 10.1. The lowest BCUT2D eigenvalue weighted by Gasteiger charge is -1.93. The molecular formula is C10H8FN3O2. The summed E-state index contributed by atoms with van der Waals surface area (Å²) in [6, 6.07) is 7.10. The van der Waals surface area contributed by atoms with Crippen LogP contribution in [0.1, 0.15) is 10.6 Å². The molecule has 0 aliphatic rings. The van der Waals surface area contributed by atoms with Crippen LogP contribution < -0.4 is 11.3 Å². The first-order chi connectivity index (χ1) is 7.70. The van der Waals surface area contributed by atoms with Gasteiger partial charge in [0.25, 0.3) is 0 Å². The molecule has 5 nitrogen and oxygen atoms in total. The van der Waals surface area contributed by atoms with E-state index in [1.807, 2.05) is 5.43 Å². The summed E-state index contributed by atoms with van der Waals surface area (Å²) in [5.74, 6) is 4.03. The number of nitrogen functional groups attached to an aromatic ring is 1. The van der Waals surface area contributed by atoms with Crippen LogP contribution in [-0.2, 0) is 0 Å². The van der Waals surface area contributed by atoms with Gasteiger partial charge in [-0.2, -0.15) is 0 Å². The number of benzene rings is 1. The lowest BCUT2D eigenvalue weighted by Crippen LogP contribution is -2.29. The fourth-order valence-electron chi connectivity index (χ4n) is 1.21. The minimum absolute atomic E-state index is 0.00169. The van der Waals surface area contributed by atoms with Gasteiger partial charge in [-0.15, -0.1) is 0 Å². The highest BCUT2D eigenvalue weighted by Gasteiger charge is 2.12. The Morgan fingerprint density at radius 1 is 1.38 bits per heavy atom. The zero-order chi connectivity index (χ0) is 11.5. The number of amides is 1. The van der Waals surface area contributed by atoms with Gasteiger partial charge in [-0.3, -0.25) is 10.2 Å². The van der Waals surface area contributed by atoms with Gasteiger partial charge >= 0.3 is 5.91 Å². The summed E-state index contributed by atoms with van der Waals surface area (Å²) >= 11 is 0. The van der Waals surface area contributed by atoms with Crippen molar-refractivity contribution in [1.29, 1.82) is 0 Å². The molecule has 0 saturated heterocycles. The molecule has 0 spiro atoms. The molecule has 82 valence electrons. The van der Waals surface area contributed by atoms with Crippen LogP contribution in [0.2, 0.25) is 0 Å². The van der Waals surface area contributed by atoms with E-state index in [-0.39, 0.29) is 11.6 Å². The molecular weight excluding hydrogens is 213 g/mol. The largest absolute Gasteiger partial charge is 0.350 e. The van der Waals surface area contributed by atoms with Crippen LogP contribution in [-0.4, -0.2) is 11.1 Å². The number of nitrogens with two attached hydrogens (primary N) is 1. The number of carbonyl (C=O) groups excluding carboxylic acids is 1. The topological polar surface area (TPSA) is 81.1 Å². The fourth-order valence-corrected chi connectivity index (χ4v) is 1.21. The SMILES string of the molecule is NNC(=O)c1cc(-c2ccc(F)cc2)no1. The molecule has 1 amide bonds. The van der Waals surface area contributed by atoms with Crippen molar-refractivity contribution in [3.8, 4) is 11.3 Å². The Morgan fingerprint density at radius 2 is 2.06 bits per heavy atom. The maximum atomic E-state index is 12.7. The highest BCUT2D eigenvalue weighted by Crippen LogP contribution is 2.19. The highest BCUT2D eigenvalue weighted by atomic mass is 19.1. The smallest absolute Gasteiger partial charge is 0.303 e. The lowest BCUT2D eigenvalue weighted by atomic mass is 10.1. The number of nitrogens with zero attached hydrogens (tertiary/aromatic N) is 1. The van der Waals surface area contributed by atoms with E-state index in [0.717, 1.165) is 0 Å². The fraction of sp³-hybridized carbons (Fsp3) is 0. The standard InChI is InChI=1S/C10H8FN3O2/c11-7-3-1-6(2-4-7)8-5-9(16-14-8)10(15)13-12/h1-5H,12H2,(H,13,15). The quantitative estimate of drug-likeness (QED) is 0.451. The third kappa shape index (κ3) is 1.91. The van der Waals surface area contributed by atoms with Gasteiger partial charge in [-0.25, -0.2) is 10.2 Å². The number of aromatic nitrogens is 1. The molecule has 1 heterocycles. The molecule has 0 bridgehead atoms. The third-order valence-electron chi connectivity index (χ3n) is 2.01. The molecule has 0 aliphatic carbocycles. The molecule has 6 heteroatoms. The molecule has 2 rings (SSSR count). The van der Waals surface area contributed by atoms with E-state index in [1.54, 1.807) is 0 Å². The van der Waals surface area contributed by atoms with Gasteiger partial charge in [-0.05, 0) is 24.3 Å². The van der Waals surface area contributed by atoms with Gasteiger partial charge in [0.2, 0.25) is 5.76 Å². The number of halogens is 1. The first-order valence-corrected chi connectivity index (χ1v) is 4.44. The van der Waals surface area contributed by atoms with E-state index in [2.05, 4.69) is 5.16 Å². The number of nitrogens with one attached hydrogen (secondary N) is 1. The Labute approximate surface area is 90.0 Å². The Hall–Kier alpha value is -2.21. The summed E-state index contributed by atoms with van der Waals surface area (Å²) in [5, 5.41) is 3.67. The Kier molecular flexibility index (Phi) is 2.65. The number of hydrogen-bond acceptors (Lipinski definition) is 4. The van der Waals surface area contributed by atoms with Crippen molar-refractivity contribution < 1.29 is 13.7 Å². The maximum Gasteiger partial charge on any atom is 0.303 e. The monoisotopic (exact) mass is 221 g/mol. The van der Waals surface area contributed by atoms with Crippen LogP contribution in [0.3, 0.4) is 0 Å².